The molecule has 0 heterocycles. The van der Waals surface area contributed by atoms with Gasteiger partial charge in [-0.1, -0.05) is 29.8 Å². The van der Waals surface area contributed by atoms with Gasteiger partial charge >= 0.3 is 5.97 Å². The molecule has 0 aliphatic rings. The largest absolute Gasteiger partial charge is 0.456 e. The van der Waals surface area contributed by atoms with Crippen molar-refractivity contribution < 1.29 is 9.53 Å². The van der Waals surface area contributed by atoms with E-state index in [0.29, 0.717) is 5.56 Å². The quantitative estimate of drug-likeness (QED) is 0.700. The first kappa shape index (κ1) is 16.2. The maximum Gasteiger partial charge on any atom is 0.338 e. The van der Waals surface area contributed by atoms with Gasteiger partial charge in [0.2, 0.25) is 0 Å². The van der Waals surface area contributed by atoms with E-state index in [0.717, 1.165) is 10.0 Å². The lowest BCUT2D eigenvalue weighted by Gasteiger charge is -2.20. The highest BCUT2D eigenvalue weighted by Gasteiger charge is 2.18. The van der Waals surface area contributed by atoms with Crippen LogP contribution in [0, 0.1) is 6.92 Å². The summed E-state index contributed by atoms with van der Waals surface area (Å²) < 4.78 is 6.26. The number of hydrogen-bond acceptors (Lipinski definition) is 2. The molecular formula is C14H21BrO2. The third-order valence-corrected chi connectivity index (χ3v) is 2.30. The highest BCUT2D eigenvalue weighted by molar-refractivity contribution is 9.10. The number of carbonyl (C=O) groups is 1. The molecule has 0 fully saturated rings. The van der Waals surface area contributed by atoms with Crippen LogP contribution in [0.3, 0.4) is 0 Å². The van der Waals surface area contributed by atoms with E-state index in [1.807, 2.05) is 53.7 Å². The molecular weight excluding hydrogens is 280 g/mol. The van der Waals surface area contributed by atoms with Gasteiger partial charge in [0.05, 0.1) is 5.56 Å². The van der Waals surface area contributed by atoms with Crippen molar-refractivity contribution in [2.24, 2.45) is 0 Å². The molecule has 0 atom stereocenters. The Morgan fingerprint density at radius 3 is 2.18 bits per heavy atom. The fourth-order valence-corrected chi connectivity index (χ4v) is 1.66. The van der Waals surface area contributed by atoms with Crippen molar-refractivity contribution in [3.63, 3.8) is 0 Å². The van der Waals surface area contributed by atoms with Gasteiger partial charge in [0, 0.05) is 4.47 Å². The Kier molecular flexibility index (Phi) is 6.46. The number of hydrogen-bond donors (Lipinski definition) is 0. The summed E-state index contributed by atoms with van der Waals surface area (Å²) in [6.07, 6.45) is 0. The van der Waals surface area contributed by atoms with Crippen molar-refractivity contribution in [3.05, 3.63) is 33.8 Å². The van der Waals surface area contributed by atoms with E-state index in [1.165, 1.54) is 0 Å². The van der Waals surface area contributed by atoms with Crippen LogP contribution >= 0.6 is 15.9 Å². The number of esters is 1. The summed E-state index contributed by atoms with van der Waals surface area (Å²) in [7, 11) is 0. The molecule has 1 aromatic rings. The molecule has 0 bridgehead atoms. The average Bonchev–Trinajstić information content (AvgIpc) is 2.17. The minimum atomic E-state index is -0.448. The van der Waals surface area contributed by atoms with Gasteiger partial charge in [-0.2, -0.15) is 0 Å². The molecule has 0 saturated carbocycles. The first-order chi connectivity index (χ1) is 7.79. The third-order valence-electron chi connectivity index (χ3n) is 1.81. The van der Waals surface area contributed by atoms with Crippen molar-refractivity contribution >= 4 is 21.9 Å². The Morgan fingerprint density at radius 1 is 1.24 bits per heavy atom. The first-order valence-corrected chi connectivity index (χ1v) is 6.58. The van der Waals surface area contributed by atoms with Gasteiger partial charge in [-0.25, -0.2) is 4.79 Å². The van der Waals surface area contributed by atoms with Crippen LogP contribution in [-0.2, 0) is 4.74 Å². The smallest absolute Gasteiger partial charge is 0.338 e. The molecule has 0 N–H and O–H groups in total. The Hall–Kier alpha value is -0.830. The minimum Gasteiger partial charge on any atom is -0.456 e. The predicted octanol–water partition coefficient (Wildman–Crippen LogP) is 4.74. The maximum atomic E-state index is 11.8. The zero-order valence-electron chi connectivity index (χ0n) is 11.4. The lowest BCUT2D eigenvalue weighted by molar-refractivity contribution is 0.00688. The SMILES string of the molecule is CC.Cc1cc(Br)ccc1C(=O)OC(C)(C)C. The van der Waals surface area contributed by atoms with Crippen LogP contribution in [0.5, 0.6) is 0 Å². The normalized spacial score (nSPS) is 10.3. The van der Waals surface area contributed by atoms with Gasteiger partial charge in [0.15, 0.2) is 0 Å². The zero-order valence-corrected chi connectivity index (χ0v) is 13.0. The topological polar surface area (TPSA) is 26.3 Å². The van der Waals surface area contributed by atoms with Crippen molar-refractivity contribution in [3.8, 4) is 0 Å². The van der Waals surface area contributed by atoms with Crippen molar-refractivity contribution in [1.29, 1.82) is 0 Å². The second-order valence-electron chi connectivity index (χ2n) is 4.46. The van der Waals surface area contributed by atoms with Crippen LogP contribution < -0.4 is 0 Å². The van der Waals surface area contributed by atoms with Gasteiger partial charge in [-0.3, -0.25) is 0 Å². The van der Waals surface area contributed by atoms with Gasteiger partial charge < -0.3 is 4.74 Å². The Labute approximate surface area is 112 Å². The van der Waals surface area contributed by atoms with Crippen LogP contribution in [0.15, 0.2) is 22.7 Å². The number of halogens is 1. The van der Waals surface area contributed by atoms with Crippen molar-refractivity contribution in [2.45, 2.75) is 47.1 Å². The predicted molar refractivity (Wildman–Crippen MR) is 75.4 cm³/mol. The highest BCUT2D eigenvalue weighted by Crippen LogP contribution is 2.19. The fourth-order valence-electron chi connectivity index (χ4n) is 1.19. The molecule has 96 valence electrons. The fraction of sp³-hybridized carbons (Fsp3) is 0.500. The molecule has 0 amide bonds. The second-order valence-corrected chi connectivity index (χ2v) is 5.38. The number of rotatable bonds is 1. The van der Waals surface area contributed by atoms with E-state index in [2.05, 4.69) is 15.9 Å². The second kappa shape index (κ2) is 6.80. The standard InChI is InChI=1S/C12H15BrO2.C2H6/c1-8-7-9(13)5-6-10(8)11(14)15-12(2,3)4;1-2/h5-7H,1-4H3;1-2H3. The van der Waals surface area contributed by atoms with E-state index in [-0.39, 0.29) is 5.97 Å². The van der Waals surface area contributed by atoms with Crippen LogP contribution in [0.25, 0.3) is 0 Å². The molecule has 0 unspecified atom stereocenters. The van der Waals surface area contributed by atoms with Crippen LogP contribution in [0.1, 0.15) is 50.5 Å². The number of ether oxygens (including phenoxy) is 1. The molecule has 17 heavy (non-hydrogen) atoms. The van der Waals surface area contributed by atoms with Crippen molar-refractivity contribution in [1.82, 2.24) is 0 Å². The molecule has 1 aromatic carbocycles. The lowest BCUT2D eigenvalue weighted by Crippen LogP contribution is -2.24. The summed E-state index contributed by atoms with van der Waals surface area (Å²) in [4.78, 5) is 11.8. The molecule has 0 spiro atoms. The molecule has 2 nitrogen and oxygen atoms in total. The minimum absolute atomic E-state index is 0.271. The Bertz CT molecular complexity index is 378. The van der Waals surface area contributed by atoms with Crippen LogP contribution in [-0.4, -0.2) is 11.6 Å². The lowest BCUT2D eigenvalue weighted by atomic mass is 10.1. The number of benzene rings is 1. The summed E-state index contributed by atoms with van der Waals surface area (Å²) in [5, 5.41) is 0. The van der Waals surface area contributed by atoms with Gasteiger partial charge in [-0.05, 0) is 51.5 Å². The molecule has 3 heteroatoms. The third kappa shape index (κ3) is 5.87. The van der Waals surface area contributed by atoms with Gasteiger partial charge in [0.1, 0.15) is 5.60 Å². The monoisotopic (exact) mass is 300 g/mol. The van der Waals surface area contributed by atoms with Gasteiger partial charge in [-0.15, -0.1) is 0 Å². The maximum absolute atomic E-state index is 11.8. The van der Waals surface area contributed by atoms with E-state index in [4.69, 9.17) is 4.74 Å². The average molecular weight is 301 g/mol. The van der Waals surface area contributed by atoms with E-state index >= 15 is 0 Å². The highest BCUT2D eigenvalue weighted by atomic mass is 79.9. The van der Waals surface area contributed by atoms with E-state index in [1.54, 1.807) is 6.07 Å². The van der Waals surface area contributed by atoms with E-state index in [9.17, 15) is 4.79 Å². The summed E-state index contributed by atoms with van der Waals surface area (Å²) in [5.41, 5.74) is 1.09. The molecule has 1 rings (SSSR count). The van der Waals surface area contributed by atoms with Crippen LogP contribution in [0.4, 0.5) is 0 Å². The molecule has 0 aromatic heterocycles. The van der Waals surface area contributed by atoms with Crippen molar-refractivity contribution in [2.75, 3.05) is 0 Å². The van der Waals surface area contributed by atoms with Gasteiger partial charge in [0.25, 0.3) is 0 Å². The summed E-state index contributed by atoms with van der Waals surface area (Å²) in [6, 6.07) is 5.51. The number of carbonyl (C=O) groups excluding carboxylic acids is 1. The first-order valence-electron chi connectivity index (χ1n) is 5.79. The number of aryl methyl sites for hydroxylation is 1. The summed E-state index contributed by atoms with van der Waals surface area (Å²) >= 11 is 3.35. The van der Waals surface area contributed by atoms with Crippen LogP contribution in [0.2, 0.25) is 0 Å². The Balaban J connectivity index is 0.00000121. The summed E-state index contributed by atoms with van der Waals surface area (Å²) in [6.45, 7) is 11.5. The molecule has 0 radical (unpaired) electrons. The molecule has 0 saturated heterocycles. The zero-order chi connectivity index (χ0) is 13.6. The summed E-state index contributed by atoms with van der Waals surface area (Å²) in [5.74, 6) is -0.271. The molecule has 0 aliphatic heterocycles. The Morgan fingerprint density at radius 2 is 1.76 bits per heavy atom. The van der Waals surface area contributed by atoms with E-state index < -0.39 is 5.60 Å². The molecule has 0 aliphatic carbocycles.